The fraction of sp³-hybridized carbons (Fsp3) is 0.588. The first-order valence-electron chi connectivity index (χ1n) is 7.60. The Labute approximate surface area is 122 Å². The molecular weight excluding hydrogens is 250 g/mol. The molecule has 0 fully saturated rings. The maximum absolute atomic E-state index is 12.1. The van der Waals surface area contributed by atoms with Crippen LogP contribution in [0.25, 0.3) is 0 Å². The van der Waals surface area contributed by atoms with Crippen LogP contribution in [0, 0.1) is 13.8 Å². The van der Waals surface area contributed by atoms with Crippen LogP contribution in [-0.2, 0) is 4.79 Å². The molecule has 0 saturated carbocycles. The molecule has 20 heavy (non-hydrogen) atoms. The first-order valence-corrected chi connectivity index (χ1v) is 7.60. The second kappa shape index (κ2) is 8.62. The van der Waals surface area contributed by atoms with Crippen LogP contribution in [0.15, 0.2) is 18.2 Å². The number of unbranched alkanes of at least 4 members (excludes halogenated alkanes) is 2. The number of carbonyl (C=O) groups is 1. The van der Waals surface area contributed by atoms with E-state index in [-0.39, 0.29) is 5.91 Å². The number of rotatable bonds is 8. The van der Waals surface area contributed by atoms with Gasteiger partial charge in [-0.25, -0.2) is 0 Å². The van der Waals surface area contributed by atoms with Crippen molar-refractivity contribution in [3.05, 3.63) is 29.3 Å². The molecule has 0 unspecified atom stereocenters. The van der Waals surface area contributed by atoms with Gasteiger partial charge in [0.15, 0.2) is 6.10 Å². The van der Waals surface area contributed by atoms with E-state index in [1.54, 1.807) is 0 Å². The van der Waals surface area contributed by atoms with Crippen LogP contribution in [0.4, 0.5) is 0 Å². The minimum Gasteiger partial charge on any atom is -0.480 e. The fourth-order valence-corrected chi connectivity index (χ4v) is 2.01. The topological polar surface area (TPSA) is 38.3 Å². The van der Waals surface area contributed by atoms with Gasteiger partial charge in [0.2, 0.25) is 0 Å². The maximum atomic E-state index is 12.1. The number of hydrogen-bond acceptors (Lipinski definition) is 2. The summed E-state index contributed by atoms with van der Waals surface area (Å²) < 4.78 is 5.88. The summed E-state index contributed by atoms with van der Waals surface area (Å²) in [6.07, 6.45) is 3.60. The van der Waals surface area contributed by atoms with E-state index in [0.29, 0.717) is 6.42 Å². The molecule has 1 aromatic carbocycles. The van der Waals surface area contributed by atoms with Gasteiger partial charge in [-0.05, 0) is 43.9 Å². The minimum atomic E-state index is -0.405. The molecule has 3 nitrogen and oxygen atoms in total. The smallest absolute Gasteiger partial charge is 0.261 e. The Morgan fingerprint density at radius 1 is 1.25 bits per heavy atom. The zero-order valence-electron chi connectivity index (χ0n) is 13.2. The second-order valence-corrected chi connectivity index (χ2v) is 5.28. The van der Waals surface area contributed by atoms with E-state index in [4.69, 9.17) is 4.74 Å². The van der Waals surface area contributed by atoms with Crippen LogP contribution in [0.2, 0.25) is 0 Å². The summed E-state index contributed by atoms with van der Waals surface area (Å²) in [5, 5.41) is 2.96. The molecule has 0 aliphatic carbocycles. The maximum Gasteiger partial charge on any atom is 0.261 e. The van der Waals surface area contributed by atoms with E-state index < -0.39 is 6.10 Å². The van der Waals surface area contributed by atoms with Gasteiger partial charge >= 0.3 is 0 Å². The fourth-order valence-electron chi connectivity index (χ4n) is 2.01. The molecule has 0 radical (unpaired) electrons. The zero-order chi connectivity index (χ0) is 15.0. The van der Waals surface area contributed by atoms with Crippen molar-refractivity contribution in [3.63, 3.8) is 0 Å². The number of hydrogen-bond donors (Lipinski definition) is 1. The summed E-state index contributed by atoms with van der Waals surface area (Å²) >= 11 is 0. The van der Waals surface area contributed by atoms with Crippen LogP contribution in [-0.4, -0.2) is 18.6 Å². The quantitative estimate of drug-likeness (QED) is 0.735. The number of ether oxygens (including phenoxy) is 1. The van der Waals surface area contributed by atoms with Crippen LogP contribution < -0.4 is 10.1 Å². The van der Waals surface area contributed by atoms with Crippen molar-refractivity contribution in [1.82, 2.24) is 5.32 Å². The third kappa shape index (κ3) is 5.24. The third-order valence-electron chi connectivity index (χ3n) is 3.36. The number of carbonyl (C=O) groups excluding carboxylic acids is 1. The molecule has 0 aliphatic rings. The van der Waals surface area contributed by atoms with Crippen LogP contribution in [0.5, 0.6) is 5.75 Å². The van der Waals surface area contributed by atoms with Gasteiger partial charge in [-0.2, -0.15) is 0 Å². The summed E-state index contributed by atoms with van der Waals surface area (Å²) in [5.41, 5.74) is 2.21. The molecule has 3 heteroatoms. The molecule has 0 heterocycles. The Bertz CT molecular complexity index is 429. The highest BCUT2D eigenvalue weighted by molar-refractivity contribution is 5.81. The number of aryl methyl sites for hydroxylation is 2. The predicted octanol–water partition coefficient (Wildman–Crippen LogP) is 3.77. The normalized spacial score (nSPS) is 12.0. The Balaban J connectivity index is 2.57. The standard InChI is InChI=1S/C17H27NO2/c1-5-7-8-11-18-17(19)15(6-2)20-16-12-13(3)9-10-14(16)4/h9-10,12,15H,5-8,11H2,1-4H3,(H,18,19)/t15-/m1/s1. The van der Waals surface area contributed by atoms with Crippen molar-refractivity contribution < 1.29 is 9.53 Å². The predicted molar refractivity (Wildman–Crippen MR) is 83.2 cm³/mol. The molecular formula is C17H27NO2. The molecule has 0 saturated heterocycles. The molecule has 1 N–H and O–H groups in total. The van der Waals surface area contributed by atoms with Gasteiger partial charge < -0.3 is 10.1 Å². The first kappa shape index (κ1) is 16.5. The monoisotopic (exact) mass is 277 g/mol. The Morgan fingerprint density at radius 2 is 2.00 bits per heavy atom. The van der Waals surface area contributed by atoms with E-state index in [1.165, 1.54) is 0 Å². The van der Waals surface area contributed by atoms with Crippen molar-refractivity contribution in [3.8, 4) is 5.75 Å². The summed E-state index contributed by atoms with van der Waals surface area (Å²) in [6.45, 7) is 8.89. The van der Waals surface area contributed by atoms with E-state index in [0.717, 1.165) is 42.7 Å². The van der Waals surface area contributed by atoms with Crippen molar-refractivity contribution in [2.45, 2.75) is 59.5 Å². The van der Waals surface area contributed by atoms with Gasteiger partial charge in [0, 0.05) is 6.54 Å². The van der Waals surface area contributed by atoms with Gasteiger partial charge in [-0.15, -0.1) is 0 Å². The Morgan fingerprint density at radius 3 is 2.65 bits per heavy atom. The molecule has 112 valence electrons. The molecule has 0 aliphatic heterocycles. The average Bonchev–Trinajstić information content (AvgIpc) is 2.44. The van der Waals surface area contributed by atoms with Gasteiger partial charge in [0.1, 0.15) is 5.75 Å². The lowest BCUT2D eigenvalue weighted by molar-refractivity contribution is -0.128. The Kier molecular flexibility index (Phi) is 7.13. The highest BCUT2D eigenvalue weighted by Gasteiger charge is 2.18. The lowest BCUT2D eigenvalue weighted by Crippen LogP contribution is -2.38. The number of benzene rings is 1. The van der Waals surface area contributed by atoms with Crippen molar-refractivity contribution in [2.75, 3.05) is 6.54 Å². The molecule has 1 atom stereocenters. The summed E-state index contributed by atoms with van der Waals surface area (Å²) in [4.78, 5) is 12.1. The van der Waals surface area contributed by atoms with E-state index in [1.807, 2.05) is 39.0 Å². The molecule has 0 spiro atoms. The molecule has 0 bridgehead atoms. The lowest BCUT2D eigenvalue weighted by atomic mass is 10.1. The molecule has 1 amide bonds. The number of amides is 1. The summed E-state index contributed by atoms with van der Waals surface area (Å²) in [7, 11) is 0. The van der Waals surface area contributed by atoms with Crippen molar-refractivity contribution in [1.29, 1.82) is 0 Å². The lowest BCUT2D eigenvalue weighted by Gasteiger charge is -2.19. The van der Waals surface area contributed by atoms with Crippen LogP contribution in [0.3, 0.4) is 0 Å². The number of nitrogens with one attached hydrogen (secondary N) is 1. The first-order chi connectivity index (χ1) is 9.58. The van der Waals surface area contributed by atoms with Gasteiger partial charge in [0.05, 0.1) is 0 Å². The van der Waals surface area contributed by atoms with Crippen molar-refractivity contribution >= 4 is 5.91 Å². The average molecular weight is 277 g/mol. The largest absolute Gasteiger partial charge is 0.480 e. The molecule has 1 aromatic rings. The highest BCUT2D eigenvalue weighted by atomic mass is 16.5. The van der Waals surface area contributed by atoms with E-state index >= 15 is 0 Å². The van der Waals surface area contributed by atoms with E-state index in [9.17, 15) is 4.79 Å². The Hall–Kier alpha value is -1.51. The zero-order valence-corrected chi connectivity index (χ0v) is 13.2. The van der Waals surface area contributed by atoms with Crippen LogP contribution >= 0.6 is 0 Å². The minimum absolute atomic E-state index is 0.00971. The van der Waals surface area contributed by atoms with Gasteiger partial charge in [-0.3, -0.25) is 4.79 Å². The summed E-state index contributed by atoms with van der Waals surface area (Å²) in [5.74, 6) is 0.796. The van der Waals surface area contributed by atoms with E-state index in [2.05, 4.69) is 12.2 Å². The van der Waals surface area contributed by atoms with Gasteiger partial charge in [0.25, 0.3) is 5.91 Å². The van der Waals surface area contributed by atoms with Crippen LogP contribution in [0.1, 0.15) is 50.7 Å². The van der Waals surface area contributed by atoms with Crippen molar-refractivity contribution in [2.24, 2.45) is 0 Å². The summed E-state index contributed by atoms with van der Waals surface area (Å²) in [6, 6.07) is 6.06. The third-order valence-corrected chi connectivity index (χ3v) is 3.36. The van der Waals surface area contributed by atoms with Gasteiger partial charge in [-0.1, -0.05) is 38.8 Å². The molecule has 1 rings (SSSR count). The second-order valence-electron chi connectivity index (χ2n) is 5.28. The highest BCUT2D eigenvalue weighted by Crippen LogP contribution is 2.21. The molecule has 0 aromatic heterocycles. The SMILES string of the molecule is CCCCCNC(=O)[C@@H](CC)Oc1cc(C)ccc1C.